The van der Waals surface area contributed by atoms with E-state index in [4.69, 9.17) is 4.52 Å². The summed E-state index contributed by atoms with van der Waals surface area (Å²) in [5, 5.41) is 3.66. The summed E-state index contributed by atoms with van der Waals surface area (Å²) in [6, 6.07) is 3.95. The molecule has 0 aliphatic carbocycles. The maximum Gasteiger partial charge on any atom is 0.416 e. The Bertz CT molecular complexity index is 957. The number of nitrogens with zero attached hydrogens (tertiary/aromatic N) is 3. The third kappa shape index (κ3) is 3.76. The highest BCUT2D eigenvalue weighted by Gasteiger charge is 2.35. The quantitative estimate of drug-likeness (QED) is 0.766. The molecule has 1 aliphatic rings. The molecule has 28 heavy (non-hydrogen) atoms. The van der Waals surface area contributed by atoms with E-state index in [0.717, 1.165) is 24.3 Å². The Morgan fingerprint density at radius 2 is 1.64 bits per heavy atom. The lowest BCUT2D eigenvalue weighted by molar-refractivity contribution is -0.137. The molecule has 0 unspecified atom stereocenters. The van der Waals surface area contributed by atoms with Crippen molar-refractivity contribution in [2.45, 2.75) is 24.9 Å². The van der Waals surface area contributed by atoms with Gasteiger partial charge in [-0.05, 0) is 38.1 Å². The number of benzene rings is 1. The first-order valence-electron chi connectivity index (χ1n) is 8.41. The van der Waals surface area contributed by atoms with Gasteiger partial charge in [-0.1, -0.05) is 5.16 Å². The molecule has 0 N–H and O–H groups in total. The highest BCUT2D eigenvalue weighted by Crippen LogP contribution is 2.29. The minimum Gasteiger partial charge on any atom is -0.360 e. The van der Waals surface area contributed by atoms with Crippen molar-refractivity contribution in [3.8, 4) is 0 Å². The van der Waals surface area contributed by atoms with Crippen LogP contribution in [0.5, 0.6) is 0 Å². The number of aryl methyl sites for hydroxylation is 2. The highest BCUT2D eigenvalue weighted by atomic mass is 32.2. The second kappa shape index (κ2) is 7.21. The second-order valence-corrected chi connectivity index (χ2v) is 8.30. The number of amides is 1. The average molecular weight is 417 g/mol. The summed E-state index contributed by atoms with van der Waals surface area (Å²) in [4.78, 5) is 13.9. The van der Waals surface area contributed by atoms with Crippen LogP contribution in [-0.2, 0) is 16.2 Å². The average Bonchev–Trinajstić information content (AvgIpc) is 2.99. The van der Waals surface area contributed by atoms with Gasteiger partial charge >= 0.3 is 6.18 Å². The summed E-state index contributed by atoms with van der Waals surface area (Å²) in [7, 11) is -3.80. The summed E-state index contributed by atoms with van der Waals surface area (Å²) in [6.07, 6.45) is -4.47. The highest BCUT2D eigenvalue weighted by molar-refractivity contribution is 7.89. The van der Waals surface area contributed by atoms with Gasteiger partial charge in [-0.2, -0.15) is 17.5 Å². The molecule has 1 saturated heterocycles. The molecule has 152 valence electrons. The molecule has 1 amide bonds. The van der Waals surface area contributed by atoms with Gasteiger partial charge in [0, 0.05) is 31.7 Å². The molecular weight excluding hydrogens is 399 g/mol. The molecular formula is C17H18F3N3O4S. The number of aromatic nitrogens is 1. The number of alkyl halides is 3. The standard InChI is InChI=1S/C17H18F3N3O4S/c1-11-15(12(2)27-21-11)28(25,26)23-9-7-22(8-10-23)16(24)13-3-5-14(6-4-13)17(18,19)20/h3-6H,7-10H2,1-2H3. The Morgan fingerprint density at radius 3 is 2.11 bits per heavy atom. The molecule has 0 bridgehead atoms. The van der Waals surface area contributed by atoms with Crippen molar-refractivity contribution in [2.75, 3.05) is 26.2 Å². The molecule has 0 spiro atoms. The van der Waals surface area contributed by atoms with Gasteiger partial charge in [-0.25, -0.2) is 8.42 Å². The molecule has 7 nitrogen and oxygen atoms in total. The molecule has 1 fully saturated rings. The van der Waals surface area contributed by atoms with Crippen LogP contribution in [0.15, 0.2) is 33.7 Å². The van der Waals surface area contributed by atoms with Crippen LogP contribution in [0, 0.1) is 13.8 Å². The first-order chi connectivity index (χ1) is 13.0. The Balaban J connectivity index is 1.69. The smallest absolute Gasteiger partial charge is 0.360 e. The second-order valence-electron chi connectivity index (χ2n) is 6.42. The Kier molecular flexibility index (Phi) is 5.24. The number of rotatable bonds is 3. The molecule has 3 rings (SSSR count). The Labute approximate surface area is 159 Å². The first kappa shape index (κ1) is 20.3. The van der Waals surface area contributed by atoms with Crippen LogP contribution in [0.25, 0.3) is 0 Å². The summed E-state index contributed by atoms with van der Waals surface area (Å²) in [5.41, 5.74) is -0.449. The zero-order valence-electron chi connectivity index (χ0n) is 15.2. The third-order valence-corrected chi connectivity index (χ3v) is 6.69. The van der Waals surface area contributed by atoms with E-state index in [9.17, 15) is 26.4 Å². The van der Waals surface area contributed by atoms with E-state index in [1.807, 2.05) is 0 Å². The lowest BCUT2D eigenvalue weighted by Gasteiger charge is -2.34. The van der Waals surface area contributed by atoms with E-state index in [2.05, 4.69) is 5.16 Å². The van der Waals surface area contributed by atoms with Crippen molar-refractivity contribution in [1.29, 1.82) is 0 Å². The van der Waals surface area contributed by atoms with Crippen LogP contribution >= 0.6 is 0 Å². The zero-order valence-corrected chi connectivity index (χ0v) is 16.0. The van der Waals surface area contributed by atoms with Crippen LogP contribution in [0.2, 0.25) is 0 Å². The van der Waals surface area contributed by atoms with Gasteiger partial charge in [-0.3, -0.25) is 4.79 Å². The molecule has 0 saturated carbocycles. The van der Waals surface area contributed by atoms with E-state index in [1.165, 1.54) is 23.1 Å². The molecule has 0 radical (unpaired) electrons. The summed E-state index contributed by atoms with van der Waals surface area (Å²) >= 11 is 0. The zero-order chi connectivity index (χ0) is 20.7. The summed E-state index contributed by atoms with van der Waals surface area (Å²) in [6.45, 7) is 3.44. The summed E-state index contributed by atoms with van der Waals surface area (Å²) in [5.74, 6) is -0.246. The van der Waals surface area contributed by atoms with Gasteiger partial charge in [0.05, 0.1) is 5.56 Å². The maximum absolute atomic E-state index is 12.8. The van der Waals surface area contributed by atoms with Crippen molar-refractivity contribution in [1.82, 2.24) is 14.4 Å². The minimum absolute atomic E-state index is 0.0232. The molecule has 1 aliphatic heterocycles. The van der Waals surface area contributed by atoms with Crippen LogP contribution < -0.4 is 0 Å². The fourth-order valence-electron chi connectivity index (χ4n) is 3.09. The molecule has 11 heteroatoms. The van der Waals surface area contributed by atoms with Crippen LogP contribution in [-0.4, -0.2) is 54.9 Å². The largest absolute Gasteiger partial charge is 0.416 e. The number of piperazine rings is 1. The van der Waals surface area contributed by atoms with E-state index in [1.54, 1.807) is 0 Å². The van der Waals surface area contributed by atoms with Gasteiger partial charge in [0.25, 0.3) is 5.91 Å². The van der Waals surface area contributed by atoms with E-state index < -0.39 is 27.7 Å². The van der Waals surface area contributed by atoms with Crippen molar-refractivity contribution < 1.29 is 30.9 Å². The van der Waals surface area contributed by atoms with Crippen molar-refractivity contribution in [3.63, 3.8) is 0 Å². The van der Waals surface area contributed by atoms with Crippen molar-refractivity contribution in [2.24, 2.45) is 0 Å². The van der Waals surface area contributed by atoms with Crippen LogP contribution in [0.3, 0.4) is 0 Å². The van der Waals surface area contributed by atoms with Gasteiger partial charge in [0.15, 0.2) is 5.76 Å². The van der Waals surface area contributed by atoms with E-state index in [-0.39, 0.29) is 48.1 Å². The van der Waals surface area contributed by atoms with E-state index in [0.29, 0.717) is 0 Å². The van der Waals surface area contributed by atoms with Crippen LogP contribution in [0.4, 0.5) is 13.2 Å². The third-order valence-electron chi connectivity index (χ3n) is 4.55. The predicted molar refractivity (Wildman–Crippen MR) is 92.1 cm³/mol. The lowest BCUT2D eigenvalue weighted by atomic mass is 10.1. The SMILES string of the molecule is Cc1noc(C)c1S(=O)(=O)N1CCN(C(=O)c2ccc(C(F)(F)F)cc2)CC1. The van der Waals surface area contributed by atoms with Gasteiger partial charge in [-0.15, -0.1) is 0 Å². The number of carbonyl (C=O) groups is 1. The van der Waals surface area contributed by atoms with E-state index >= 15 is 0 Å². The fraction of sp³-hybridized carbons (Fsp3) is 0.412. The number of sulfonamides is 1. The molecule has 1 aromatic carbocycles. The van der Waals surface area contributed by atoms with Crippen LogP contribution in [0.1, 0.15) is 27.4 Å². The monoisotopic (exact) mass is 417 g/mol. The fourth-order valence-corrected chi connectivity index (χ4v) is 4.80. The number of carbonyl (C=O) groups excluding carboxylic acids is 1. The van der Waals surface area contributed by atoms with Crippen molar-refractivity contribution in [3.05, 3.63) is 46.8 Å². The Hall–Kier alpha value is -2.40. The van der Waals surface area contributed by atoms with Gasteiger partial charge < -0.3 is 9.42 Å². The minimum atomic E-state index is -4.47. The first-order valence-corrected chi connectivity index (χ1v) is 9.85. The normalized spacial score (nSPS) is 16.4. The molecule has 0 atom stereocenters. The summed E-state index contributed by atoms with van der Waals surface area (Å²) < 4.78 is 69.6. The lowest BCUT2D eigenvalue weighted by Crippen LogP contribution is -2.50. The number of hydrogen-bond donors (Lipinski definition) is 0. The molecule has 2 aromatic rings. The topological polar surface area (TPSA) is 83.7 Å². The Morgan fingerprint density at radius 1 is 1.07 bits per heavy atom. The predicted octanol–water partition coefficient (Wildman–Crippen LogP) is 2.46. The number of halogens is 3. The molecule has 1 aromatic heterocycles. The van der Waals surface area contributed by atoms with Gasteiger partial charge in [0.1, 0.15) is 10.6 Å². The number of hydrogen-bond acceptors (Lipinski definition) is 5. The maximum atomic E-state index is 12.8. The molecule has 2 heterocycles. The van der Waals surface area contributed by atoms with Gasteiger partial charge in [0.2, 0.25) is 10.0 Å². The van der Waals surface area contributed by atoms with Crippen molar-refractivity contribution >= 4 is 15.9 Å².